The lowest BCUT2D eigenvalue weighted by atomic mass is 9.94. The van der Waals surface area contributed by atoms with Crippen molar-refractivity contribution in [3.63, 3.8) is 0 Å². The van der Waals surface area contributed by atoms with E-state index in [1.807, 2.05) is 0 Å². The molecule has 0 heterocycles. The van der Waals surface area contributed by atoms with Crippen LogP contribution in [-0.4, -0.2) is 23.5 Å². The second-order valence-electron chi connectivity index (χ2n) is 4.47. The van der Waals surface area contributed by atoms with Gasteiger partial charge in [-0.2, -0.15) is 0 Å². The molecule has 0 aromatic heterocycles. The normalized spacial score (nSPS) is 11.1. The van der Waals surface area contributed by atoms with E-state index in [-0.39, 0.29) is 17.1 Å². The topological polar surface area (TPSA) is 66.4 Å². The molecule has 0 saturated heterocycles. The van der Waals surface area contributed by atoms with Crippen LogP contribution in [0.3, 0.4) is 0 Å². The largest absolute Gasteiger partial charge is 0.481 e. The van der Waals surface area contributed by atoms with Gasteiger partial charge in [-0.05, 0) is 26.0 Å². The Morgan fingerprint density at radius 2 is 2.06 bits per heavy atom. The molecule has 0 bridgehead atoms. The number of carboxylic acids is 1. The first kappa shape index (κ1) is 14.4. The molecule has 0 radical (unpaired) electrons. The highest BCUT2D eigenvalue weighted by Crippen LogP contribution is 2.20. The third-order valence-electron chi connectivity index (χ3n) is 2.47. The zero-order chi connectivity index (χ0) is 13.9. The Bertz CT molecular complexity index is 488. The Kier molecular flexibility index (Phi) is 4.29. The van der Waals surface area contributed by atoms with Gasteiger partial charge in [-0.15, -0.1) is 0 Å². The lowest BCUT2D eigenvalue weighted by molar-refractivity contribution is -0.146. The maximum atomic E-state index is 13.1. The summed E-state index contributed by atoms with van der Waals surface area (Å²) in [5.74, 6) is -2.33. The Hall–Kier alpha value is -1.62. The summed E-state index contributed by atoms with van der Waals surface area (Å²) in [6, 6.07) is 3.87. The molecule has 98 valence electrons. The van der Waals surface area contributed by atoms with E-state index >= 15 is 0 Å². The van der Waals surface area contributed by atoms with Gasteiger partial charge >= 0.3 is 5.97 Å². The molecule has 0 saturated carbocycles. The first-order valence-corrected chi connectivity index (χ1v) is 5.59. The number of aliphatic carboxylic acids is 1. The molecule has 0 aliphatic rings. The van der Waals surface area contributed by atoms with Crippen LogP contribution in [0.2, 0.25) is 5.02 Å². The Balaban J connectivity index is 2.78. The third kappa shape index (κ3) is 3.20. The summed E-state index contributed by atoms with van der Waals surface area (Å²) < 4.78 is 13.1. The van der Waals surface area contributed by atoms with Crippen LogP contribution in [0.4, 0.5) is 4.39 Å². The minimum Gasteiger partial charge on any atom is -0.481 e. The van der Waals surface area contributed by atoms with Gasteiger partial charge in [0.15, 0.2) is 0 Å². The molecular formula is C12H13ClFNO3. The number of rotatable bonds is 4. The van der Waals surface area contributed by atoms with Gasteiger partial charge in [0.25, 0.3) is 5.91 Å². The first-order valence-electron chi connectivity index (χ1n) is 5.21. The van der Waals surface area contributed by atoms with E-state index < -0.39 is 23.1 Å². The van der Waals surface area contributed by atoms with Gasteiger partial charge in [-0.25, -0.2) is 4.39 Å². The molecule has 18 heavy (non-hydrogen) atoms. The van der Waals surface area contributed by atoms with Gasteiger partial charge in [-0.3, -0.25) is 9.59 Å². The molecule has 0 unspecified atom stereocenters. The fourth-order valence-electron chi connectivity index (χ4n) is 1.15. The molecule has 0 atom stereocenters. The molecule has 1 amide bonds. The van der Waals surface area contributed by atoms with Crippen LogP contribution in [-0.2, 0) is 4.79 Å². The maximum Gasteiger partial charge on any atom is 0.310 e. The Labute approximate surface area is 109 Å². The first-order chi connectivity index (χ1) is 8.25. The quantitative estimate of drug-likeness (QED) is 0.885. The molecule has 0 spiro atoms. The van der Waals surface area contributed by atoms with E-state index in [2.05, 4.69) is 5.32 Å². The van der Waals surface area contributed by atoms with Crippen molar-refractivity contribution in [1.82, 2.24) is 5.32 Å². The van der Waals surface area contributed by atoms with Crippen molar-refractivity contribution in [2.45, 2.75) is 13.8 Å². The highest BCUT2D eigenvalue weighted by atomic mass is 35.5. The highest BCUT2D eigenvalue weighted by Gasteiger charge is 2.28. The minimum atomic E-state index is -1.10. The number of hydrogen-bond acceptors (Lipinski definition) is 2. The zero-order valence-corrected chi connectivity index (χ0v) is 10.7. The average Bonchev–Trinajstić information content (AvgIpc) is 2.29. The summed E-state index contributed by atoms with van der Waals surface area (Å²) in [4.78, 5) is 22.6. The maximum absolute atomic E-state index is 13.1. The lowest BCUT2D eigenvalue weighted by Gasteiger charge is -2.19. The summed E-state index contributed by atoms with van der Waals surface area (Å²) in [6.07, 6.45) is 0. The van der Waals surface area contributed by atoms with E-state index in [0.29, 0.717) is 0 Å². The molecule has 2 N–H and O–H groups in total. The van der Waals surface area contributed by atoms with Crippen LogP contribution in [0, 0.1) is 11.2 Å². The second-order valence-corrected chi connectivity index (χ2v) is 4.85. The number of carboxylic acid groups (broad SMARTS) is 1. The number of carbonyl (C=O) groups excluding carboxylic acids is 1. The number of amides is 1. The van der Waals surface area contributed by atoms with E-state index in [0.717, 1.165) is 6.07 Å². The van der Waals surface area contributed by atoms with Crippen LogP contribution >= 0.6 is 11.6 Å². The van der Waals surface area contributed by atoms with Gasteiger partial charge in [0.2, 0.25) is 0 Å². The predicted octanol–water partition coefficient (Wildman–Crippen LogP) is 2.32. The van der Waals surface area contributed by atoms with Crippen molar-refractivity contribution in [3.8, 4) is 0 Å². The molecule has 0 fully saturated rings. The van der Waals surface area contributed by atoms with Crippen molar-refractivity contribution in [1.29, 1.82) is 0 Å². The number of halogens is 2. The third-order valence-corrected chi connectivity index (χ3v) is 2.85. The van der Waals surface area contributed by atoms with E-state index in [1.165, 1.54) is 26.0 Å². The smallest absolute Gasteiger partial charge is 0.310 e. The molecule has 0 aliphatic carbocycles. The van der Waals surface area contributed by atoms with Crippen LogP contribution in [0.5, 0.6) is 0 Å². The van der Waals surface area contributed by atoms with Gasteiger partial charge in [-0.1, -0.05) is 17.7 Å². The van der Waals surface area contributed by atoms with E-state index in [9.17, 15) is 14.0 Å². The van der Waals surface area contributed by atoms with Crippen molar-refractivity contribution >= 4 is 23.5 Å². The molecular weight excluding hydrogens is 261 g/mol. The summed E-state index contributed by atoms with van der Waals surface area (Å²) in [6.45, 7) is 2.87. The van der Waals surface area contributed by atoms with Crippen molar-refractivity contribution < 1.29 is 19.1 Å². The monoisotopic (exact) mass is 273 g/mol. The van der Waals surface area contributed by atoms with Gasteiger partial charge in [0, 0.05) is 6.54 Å². The lowest BCUT2D eigenvalue weighted by Crippen LogP contribution is -2.39. The minimum absolute atomic E-state index is 0.0159. The number of benzene rings is 1. The fraction of sp³-hybridized carbons (Fsp3) is 0.333. The second kappa shape index (κ2) is 5.35. The predicted molar refractivity (Wildman–Crippen MR) is 65.2 cm³/mol. The summed E-state index contributed by atoms with van der Waals surface area (Å²) in [7, 11) is 0. The molecule has 1 aromatic carbocycles. The molecule has 4 nitrogen and oxygen atoms in total. The molecule has 1 aromatic rings. The Morgan fingerprint density at radius 1 is 1.44 bits per heavy atom. The van der Waals surface area contributed by atoms with Crippen molar-refractivity contribution in [2.24, 2.45) is 5.41 Å². The molecule has 0 aliphatic heterocycles. The van der Waals surface area contributed by atoms with Crippen LogP contribution in [0.15, 0.2) is 18.2 Å². The average molecular weight is 274 g/mol. The van der Waals surface area contributed by atoms with E-state index in [1.54, 1.807) is 0 Å². The number of hydrogen-bond donors (Lipinski definition) is 2. The van der Waals surface area contributed by atoms with Gasteiger partial charge in [0.1, 0.15) is 5.82 Å². The molecule has 1 rings (SSSR count). The van der Waals surface area contributed by atoms with Crippen molar-refractivity contribution in [3.05, 3.63) is 34.6 Å². The van der Waals surface area contributed by atoms with Crippen LogP contribution < -0.4 is 5.32 Å². The van der Waals surface area contributed by atoms with Crippen LogP contribution in [0.1, 0.15) is 24.2 Å². The molecule has 6 heteroatoms. The number of nitrogens with one attached hydrogen (secondary N) is 1. The Morgan fingerprint density at radius 3 is 2.61 bits per heavy atom. The number of carbonyl (C=O) groups is 2. The van der Waals surface area contributed by atoms with E-state index in [4.69, 9.17) is 16.7 Å². The van der Waals surface area contributed by atoms with Crippen molar-refractivity contribution in [2.75, 3.05) is 6.54 Å². The van der Waals surface area contributed by atoms with Gasteiger partial charge < -0.3 is 10.4 Å². The zero-order valence-electron chi connectivity index (χ0n) is 9.96. The van der Waals surface area contributed by atoms with Crippen LogP contribution in [0.25, 0.3) is 0 Å². The SMILES string of the molecule is CC(C)(CNC(=O)c1cccc(F)c1Cl)C(=O)O. The summed E-state index contributed by atoms with van der Waals surface area (Å²) in [5, 5.41) is 11.0. The fourth-order valence-corrected chi connectivity index (χ4v) is 1.36. The standard InChI is InChI=1S/C12H13ClFNO3/c1-12(2,11(17)18)6-15-10(16)7-4-3-5-8(14)9(7)13/h3-5H,6H2,1-2H3,(H,15,16)(H,17,18). The summed E-state index contributed by atoms with van der Waals surface area (Å²) in [5.41, 5.74) is -1.12. The highest BCUT2D eigenvalue weighted by molar-refractivity contribution is 6.34. The van der Waals surface area contributed by atoms with Gasteiger partial charge in [0.05, 0.1) is 16.0 Å². The summed E-state index contributed by atoms with van der Waals surface area (Å²) >= 11 is 5.65.